The highest BCUT2D eigenvalue weighted by atomic mass is 16.6. The Labute approximate surface area is 197 Å². The van der Waals surface area contributed by atoms with E-state index in [4.69, 9.17) is 0 Å². The number of aryl methyl sites for hydroxylation is 1. The van der Waals surface area contributed by atoms with Crippen LogP contribution in [0, 0.1) is 29.9 Å². The molecule has 4 rings (SSSR count). The number of hydrogen-bond acceptors (Lipinski definition) is 4. The predicted octanol–water partition coefficient (Wildman–Crippen LogP) is 5.16. The van der Waals surface area contributed by atoms with E-state index in [1.807, 2.05) is 44.2 Å². The van der Waals surface area contributed by atoms with Gasteiger partial charge in [-0.3, -0.25) is 19.7 Å². The molecule has 1 atom stereocenters. The minimum Gasteiger partial charge on any atom is -0.353 e. The molecule has 0 bridgehead atoms. The van der Waals surface area contributed by atoms with Gasteiger partial charge in [-0.25, -0.2) is 0 Å². The lowest BCUT2D eigenvalue weighted by Gasteiger charge is -2.23. The minimum absolute atomic E-state index is 0.000698. The van der Waals surface area contributed by atoms with Gasteiger partial charge in [0.15, 0.2) is 0 Å². The van der Waals surface area contributed by atoms with Crippen LogP contribution in [-0.2, 0) is 4.79 Å². The van der Waals surface area contributed by atoms with Crippen LogP contribution < -0.4 is 10.6 Å². The molecule has 34 heavy (non-hydrogen) atoms. The summed E-state index contributed by atoms with van der Waals surface area (Å²) in [6, 6.07) is 14.7. The van der Waals surface area contributed by atoms with Crippen LogP contribution in [0.25, 0.3) is 11.6 Å². The molecule has 3 aromatic rings. The van der Waals surface area contributed by atoms with Crippen LogP contribution in [0.4, 0.5) is 11.4 Å². The maximum absolute atomic E-state index is 13.1. The molecule has 8 heteroatoms. The van der Waals surface area contributed by atoms with Crippen LogP contribution in [0.5, 0.6) is 0 Å². The highest BCUT2D eigenvalue weighted by molar-refractivity contribution is 6.35. The fourth-order valence-corrected chi connectivity index (χ4v) is 4.32. The summed E-state index contributed by atoms with van der Waals surface area (Å²) in [4.78, 5) is 39.7. The van der Waals surface area contributed by atoms with Crippen molar-refractivity contribution in [2.75, 3.05) is 5.32 Å². The van der Waals surface area contributed by atoms with Crippen LogP contribution in [0.2, 0.25) is 0 Å². The predicted molar refractivity (Wildman–Crippen MR) is 131 cm³/mol. The maximum Gasteiger partial charge on any atom is 0.293 e. The molecule has 2 heterocycles. The summed E-state index contributed by atoms with van der Waals surface area (Å²) in [5.74, 6) is -0.396. The number of H-pyrrole nitrogens is 1. The van der Waals surface area contributed by atoms with Crippen LogP contribution in [0.1, 0.15) is 58.3 Å². The maximum atomic E-state index is 13.1. The summed E-state index contributed by atoms with van der Waals surface area (Å²) in [5.41, 5.74) is 4.30. The molecule has 2 amide bonds. The number of rotatable bonds is 6. The molecule has 0 fully saturated rings. The number of carbonyl (C=O) groups excluding carboxylic acids is 2. The third-order valence-electron chi connectivity index (χ3n) is 6.08. The Bertz CT molecular complexity index is 1320. The van der Waals surface area contributed by atoms with Crippen molar-refractivity contribution < 1.29 is 14.5 Å². The summed E-state index contributed by atoms with van der Waals surface area (Å²) in [5, 5.41) is 17.3. The zero-order valence-electron chi connectivity index (χ0n) is 19.4. The molecule has 1 aliphatic rings. The first-order valence-electron chi connectivity index (χ1n) is 11.0. The van der Waals surface area contributed by atoms with Gasteiger partial charge in [0, 0.05) is 22.5 Å². The van der Waals surface area contributed by atoms with Crippen molar-refractivity contribution in [3.05, 3.63) is 92.3 Å². The molecule has 174 valence electrons. The molecule has 2 aromatic carbocycles. The molecule has 0 radical (unpaired) electrons. The Balaban J connectivity index is 1.67. The van der Waals surface area contributed by atoms with Crippen molar-refractivity contribution in [2.24, 2.45) is 5.92 Å². The van der Waals surface area contributed by atoms with E-state index in [1.54, 1.807) is 38.1 Å². The second-order valence-corrected chi connectivity index (χ2v) is 8.77. The standard InChI is InChI=1S/C26H26N4O4/c1-14(2)23(17-8-6-5-7-9-17)29-25(31)18-10-11-21-19(12-18)20(26(32)28-21)13-22-15(3)24(30(33)34)16(4)27-22/h5-14,23,27H,1-4H3,(H,28,32)(H,29,31)/b20-13-. The number of fused-ring (bicyclic) bond motifs is 1. The lowest BCUT2D eigenvalue weighted by atomic mass is 9.95. The molecule has 1 unspecified atom stereocenters. The van der Waals surface area contributed by atoms with Crippen molar-refractivity contribution in [3.63, 3.8) is 0 Å². The van der Waals surface area contributed by atoms with Gasteiger partial charge >= 0.3 is 0 Å². The van der Waals surface area contributed by atoms with Gasteiger partial charge in [-0.15, -0.1) is 0 Å². The molecule has 3 N–H and O–H groups in total. The van der Waals surface area contributed by atoms with E-state index < -0.39 is 4.92 Å². The number of nitrogens with zero attached hydrogens (tertiary/aromatic N) is 1. The topological polar surface area (TPSA) is 117 Å². The fourth-order valence-electron chi connectivity index (χ4n) is 4.32. The normalized spacial score (nSPS) is 14.7. The quantitative estimate of drug-likeness (QED) is 0.269. The van der Waals surface area contributed by atoms with Crippen molar-refractivity contribution >= 4 is 34.8 Å². The van der Waals surface area contributed by atoms with Crippen LogP contribution >= 0.6 is 0 Å². The Kier molecular flexibility index (Phi) is 6.06. The van der Waals surface area contributed by atoms with E-state index >= 15 is 0 Å². The Morgan fingerprint density at radius 2 is 1.82 bits per heavy atom. The van der Waals surface area contributed by atoms with E-state index in [0.29, 0.717) is 39.3 Å². The largest absolute Gasteiger partial charge is 0.353 e. The monoisotopic (exact) mass is 458 g/mol. The van der Waals surface area contributed by atoms with E-state index in [-0.39, 0.29) is 29.5 Å². The van der Waals surface area contributed by atoms with Gasteiger partial charge in [-0.2, -0.15) is 0 Å². The number of amides is 2. The molecular formula is C26H26N4O4. The Morgan fingerprint density at radius 1 is 1.12 bits per heavy atom. The summed E-state index contributed by atoms with van der Waals surface area (Å²) in [6.45, 7) is 7.35. The van der Waals surface area contributed by atoms with Gasteiger partial charge in [-0.05, 0) is 49.6 Å². The molecule has 8 nitrogen and oxygen atoms in total. The summed E-state index contributed by atoms with van der Waals surface area (Å²) >= 11 is 0. The van der Waals surface area contributed by atoms with Crippen LogP contribution in [0.15, 0.2) is 48.5 Å². The van der Waals surface area contributed by atoms with E-state index in [1.165, 1.54) is 0 Å². The van der Waals surface area contributed by atoms with Gasteiger partial charge in [-0.1, -0.05) is 44.2 Å². The zero-order chi connectivity index (χ0) is 24.6. The molecule has 1 aliphatic heterocycles. The lowest BCUT2D eigenvalue weighted by Crippen LogP contribution is -2.31. The van der Waals surface area contributed by atoms with Crippen molar-refractivity contribution in [1.29, 1.82) is 0 Å². The number of aromatic amines is 1. The van der Waals surface area contributed by atoms with E-state index in [0.717, 1.165) is 5.56 Å². The number of hydrogen-bond donors (Lipinski definition) is 3. The zero-order valence-corrected chi connectivity index (χ0v) is 19.4. The van der Waals surface area contributed by atoms with Crippen LogP contribution in [0.3, 0.4) is 0 Å². The average Bonchev–Trinajstić information content (AvgIpc) is 3.26. The molecule has 0 aliphatic carbocycles. The SMILES string of the molecule is Cc1[nH]c(/C=C2\C(=O)Nc3ccc(C(=O)NC(c4ccccc4)C(C)C)cc32)c(C)c1[N+](=O)[O-]. The number of carbonyl (C=O) groups is 2. The van der Waals surface area contributed by atoms with Gasteiger partial charge < -0.3 is 15.6 Å². The first-order valence-corrected chi connectivity index (χ1v) is 11.0. The first-order chi connectivity index (χ1) is 16.2. The number of nitrogens with one attached hydrogen (secondary N) is 3. The minimum atomic E-state index is -0.438. The van der Waals surface area contributed by atoms with Crippen LogP contribution in [-0.4, -0.2) is 21.7 Å². The lowest BCUT2D eigenvalue weighted by molar-refractivity contribution is -0.385. The first kappa shape index (κ1) is 23.0. The molecule has 0 spiro atoms. The average molecular weight is 459 g/mol. The Hall–Kier alpha value is -4.20. The van der Waals surface area contributed by atoms with Crippen molar-refractivity contribution in [3.8, 4) is 0 Å². The van der Waals surface area contributed by atoms with Crippen molar-refractivity contribution in [2.45, 2.75) is 33.7 Å². The molecule has 0 saturated carbocycles. The second-order valence-electron chi connectivity index (χ2n) is 8.77. The van der Waals surface area contributed by atoms with Gasteiger partial charge in [0.25, 0.3) is 17.5 Å². The molecule has 1 aromatic heterocycles. The second kappa shape index (κ2) is 8.97. The Morgan fingerprint density at radius 3 is 2.44 bits per heavy atom. The third-order valence-corrected chi connectivity index (χ3v) is 6.08. The van der Waals surface area contributed by atoms with Gasteiger partial charge in [0.1, 0.15) is 0 Å². The summed E-state index contributed by atoms with van der Waals surface area (Å²) in [7, 11) is 0. The van der Waals surface area contributed by atoms with E-state index in [2.05, 4.69) is 15.6 Å². The number of nitro groups is 1. The van der Waals surface area contributed by atoms with E-state index in [9.17, 15) is 19.7 Å². The summed E-state index contributed by atoms with van der Waals surface area (Å²) < 4.78 is 0. The van der Waals surface area contributed by atoms with Gasteiger partial charge in [0.2, 0.25) is 0 Å². The molecule has 0 saturated heterocycles. The number of anilines is 1. The highest BCUT2D eigenvalue weighted by Crippen LogP contribution is 2.36. The third kappa shape index (κ3) is 4.22. The summed E-state index contributed by atoms with van der Waals surface area (Å²) in [6.07, 6.45) is 1.60. The van der Waals surface area contributed by atoms with Crippen molar-refractivity contribution in [1.82, 2.24) is 10.3 Å². The fraction of sp³-hybridized carbons (Fsp3) is 0.231. The van der Waals surface area contributed by atoms with Gasteiger partial charge in [0.05, 0.1) is 27.8 Å². The highest BCUT2D eigenvalue weighted by Gasteiger charge is 2.28. The number of aromatic nitrogens is 1. The molecular weight excluding hydrogens is 432 g/mol. The number of benzene rings is 2. The smallest absolute Gasteiger partial charge is 0.293 e.